The van der Waals surface area contributed by atoms with Crippen molar-refractivity contribution in [1.82, 2.24) is 15.3 Å². The summed E-state index contributed by atoms with van der Waals surface area (Å²) >= 11 is 0. The molecule has 122 valence electrons. The average Bonchev–Trinajstić information content (AvgIpc) is 2.62. The van der Waals surface area contributed by atoms with Crippen molar-refractivity contribution in [2.75, 3.05) is 6.54 Å². The van der Waals surface area contributed by atoms with E-state index in [0.29, 0.717) is 11.1 Å². The fraction of sp³-hybridized carbons (Fsp3) is 0.211. The number of carbonyl (C=O) groups is 1. The Hall–Kier alpha value is -2.79. The Labute approximate surface area is 140 Å². The molecule has 0 saturated carbocycles. The van der Waals surface area contributed by atoms with E-state index in [2.05, 4.69) is 27.4 Å². The number of primary amides is 1. The number of benzene rings is 2. The monoisotopic (exact) mass is 320 g/mol. The van der Waals surface area contributed by atoms with Gasteiger partial charge in [-0.2, -0.15) is 0 Å². The second kappa shape index (κ2) is 7.66. The number of nitrogens with zero attached hydrogens (tertiary/aromatic N) is 2. The number of aryl methyl sites for hydroxylation is 1. The molecule has 0 aliphatic carbocycles. The molecule has 0 bridgehead atoms. The Morgan fingerprint density at radius 3 is 2.67 bits per heavy atom. The van der Waals surface area contributed by atoms with Crippen LogP contribution in [0.25, 0.3) is 10.9 Å². The number of hydrogen-bond donors (Lipinski definition) is 2. The Morgan fingerprint density at radius 2 is 1.88 bits per heavy atom. The molecule has 24 heavy (non-hydrogen) atoms. The van der Waals surface area contributed by atoms with Crippen LogP contribution in [0.2, 0.25) is 0 Å². The van der Waals surface area contributed by atoms with Crippen molar-refractivity contribution in [3.8, 4) is 0 Å². The predicted octanol–water partition coefficient (Wildman–Crippen LogP) is 2.45. The third kappa shape index (κ3) is 3.75. The van der Waals surface area contributed by atoms with E-state index in [1.807, 2.05) is 30.3 Å². The molecule has 0 fully saturated rings. The fourth-order valence-electron chi connectivity index (χ4n) is 2.75. The number of nitrogens with one attached hydrogen (secondary N) is 1. The molecular formula is C19H20N4O. The van der Waals surface area contributed by atoms with E-state index in [9.17, 15) is 4.79 Å². The zero-order chi connectivity index (χ0) is 16.8. The van der Waals surface area contributed by atoms with E-state index in [4.69, 9.17) is 5.73 Å². The molecule has 3 aromatic rings. The summed E-state index contributed by atoms with van der Waals surface area (Å²) in [7, 11) is 0. The maximum Gasteiger partial charge on any atom is 0.250 e. The van der Waals surface area contributed by atoms with Gasteiger partial charge in [-0.3, -0.25) is 4.79 Å². The molecule has 0 saturated heterocycles. The van der Waals surface area contributed by atoms with Crippen LogP contribution in [0.5, 0.6) is 0 Å². The summed E-state index contributed by atoms with van der Waals surface area (Å²) in [5, 5.41) is 4.33. The number of carbonyl (C=O) groups excluding carboxylic acids is 1. The van der Waals surface area contributed by atoms with Crippen molar-refractivity contribution < 1.29 is 4.79 Å². The van der Waals surface area contributed by atoms with Gasteiger partial charge in [0.25, 0.3) is 5.91 Å². The lowest BCUT2D eigenvalue weighted by Crippen LogP contribution is -2.15. The second-order valence-corrected chi connectivity index (χ2v) is 5.65. The summed E-state index contributed by atoms with van der Waals surface area (Å²) in [5.41, 5.74) is 8.71. The zero-order valence-corrected chi connectivity index (χ0v) is 13.4. The summed E-state index contributed by atoms with van der Waals surface area (Å²) in [5.74, 6) is -0.463. The summed E-state index contributed by atoms with van der Waals surface area (Å²) in [6, 6.07) is 15.8. The minimum absolute atomic E-state index is 0.443. The van der Waals surface area contributed by atoms with Crippen LogP contribution in [0, 0.1) is 0 Å². The lowest BCUT2D eigenvalue weighted by atomic mass is 10.1. The molecule has 0 aliphatic heterocycles. The summed E-state index contributed by atoms with van der Waals surface area (Å²) in [4.78, 5) is 20.1. The maximum absolute atomic E-state index is 11.5. The van der Waals surface area contributed by atoms with E-state index < -0.39 is 5.91 Å². The van der Waals surface area contributed by atoms with Gasteiger partial charge < -0.3 is 11.1 Å². The molecule has 5 nitrogen and oxygen atoms in total. The molecule has 0 unspecified atom stereocenters. The molecular weight excluding hydrogens is 300 g/mol. The molecule has 0 atom stereocenters. The summed E-state index contributed by atoms with van der Waals surface area (Å²) in [6.45, 7) is 1.76. The molecule has 0 spiro atoms. The van der Waals surface area contributed by atoms with E-state index in [0.717, 1.165) is 37.0 Å². The lowest BCUT2D eigenvalue weighted by molar-refractivity contribution is 0.100. The smallest absolute Gasteiger partial charge is 0.250 e. The number of rotatable bonds is 7. The number of amides is 1. The Kier molecular flexibility index (Phi) is 5.13. The van der Waals surface area contributed by atoms with E-state index in [-0.39, 0.29) is 0 Å². The largest absolute Gasteiger partial charge is 0.366 e. The fourth-order valence-corrected chi connectivity index (χ4v) is 2.75. The van der Waals surface area contributed by atoms with Crippen molar-refractivity contribution in [3.63, 3.8) is 0 Å². The van der Waals surface area contributed by atoms with Crippen LogP contribution in [-0.4, -0.2) is 22.4 Å². The van der Waals surface area contributed by atoms with Crippen molar-refractivity contribution in [2.24, 2.45) is 5.73 Å². The van der Waals surface area contributed by atoms with Crippen molar-refractivity contribution in [3.05, 3.63) is 71.7 Å². The number of fused-ring (bicyclic) bond motifs is 1. The van der Waals surface area contributed by atoms with Gasteiger partial charge in [-0.1, -0.05) is 42.5 Å². The molecule has 0 radical (unpaired) electrons. The first kappa shape index (κ1) is 16.1. The first-order valence-electron chi connectivity index (χ1n) is 8.03. The molecule has 1 heterocycles. The zero-order valence-electron chi connectivity index (χ0n) is 13.4. The Balaban J connectivity index is 1.61. The quantitative estimate of drug-likeness (QED) is 0.655. The molecule has 3 N–H and O–H groups in total. The van der Waals surface area contributed by atoms with E-state index >= 15 is 0 Å². The number of para-hydroxylation sites is 1. The first-order chi connectivity index (χ1) is 11.8. The molecule has 1 aromatic heterocycles. The van der Waals surface area contributed by atoms with Crippen LogP contribution in [0.15, 0.2) is 54.9 Å². The highest BCUT2D eigenvalue weighted by atomic mass is 16.1. The second-order valence-electron chi connectivity index (χ2n) is 5.65. The van der Waals surface area contributed by atoms with Crippen LogP contribution in [-0.2, 0) is 13.0 Å². The van der Waals surface area contributed by atoms with Crippen LogP contribution in [0.4, 0.5) is 0 Å². The van der Waals surface area contributed by atoms with Crippen LogP contribution in [0.3, 0.4) is 0 Å². The van der Waals surface area contributed by atoms with E-state index in [1.54, 1.807) is 6.07 Å². The van der Waals surface area contributed by atoms with Crippen molar-refractivity contribution >= 4 is 16.8 Å². The van der Waals surface area contributed by atoms with Gasteiger partial charge >= 0.3 is 0 Å². The number of hydrogen-bond acceptors (Lipinski definition) is 4. The van der Waals surface area contributed by atoms with Gasteiger partial charge in [0.05, 0.1) is 16.8 Å². The molecule has 5 heteroatoms. The van der Waals surface area contributed by atoms with Gasteiger partial charge in [0.15, 0.2) is 0 Å². The topological polar surface area (TPSA) is 80.9 Å². The van der Waals surface area contributed by atoms with Gasteiger partial charge in [0, 0.05) is 11.9 Å². The Bertz CT molecular complexity index is 833. The minimum Gasteiger partial charge on any atom is -0.366 e. The highest BCUT2D eigenvalue weighted by molar-refractivity contribution is 6.05. The number of nitrogens with two attached hydrogens (primary N) is 1. The molecule has 0 aliphatic rings. The molecule has 1 amide bonds. The normalized spacial score (nSPS) is 10.8. The van der Waals surface area contributed by atoms with Gasteiger partial charge in [-0.15, -0.1) is 0 Å². The Morgan fingerprint density at radius 1 is 1.04 bits per heavy atom. The van der Waals surface area contributed by atoms with Gasteiger partial charge in [0.1, 0.15) is 6.33 Å². The summed E-state index contributed by atoms with van der Waals surface area (Å²) in [6.07, 6.45) is 3.28. The molecule has 3 rings (SSSR count). The van der Waals surface area contributed by atoms with Gasteiger partial charge in [-0.25, -0.2) is 9.97 Å². The molecule has 2 aromatic carbocycles. The van der Waals surface area contributed by atoms with Crippen molar-refractivity contribution in [1.29, 1.82) is 0 Å². The van der Waals surface area contributed by atoms with Crippen LogP contribution in [0.1, 0.15) is 28.0 Å². The first-order valence-corrected chi connectivity index (χ1v) is 8.03. The van der Waals surface area contributed by atoms with Gasteiger partial charge in [-0.05, 0) is 31.0 Å². The lowest BCUT2D eigenvalue weighted by Gasteiger charge is -2.08. The maximum atomic E-state index is 11.5. The third-order valence-corrected chi connectivity index (χ3v) is 3.95. The van der Waals surface area contributed by atoms with Crippen LogP contribution >= 0.6 is 0 Å². The number of aromatic nitrogens is 2. The van der Waals surface area contributed by atoms with E-state index in [1.165, 1.54) is 11.9 Å². The predicted molar refractivity (Wildman–Crippen MR) is 94.5 cm³/mol. The third-order valence-electron chi connectivity index (χ3n) is 3.95. The van der Waals surface area contributed by atoms with Gasteiger partial charge in [0.2, 0.25) is 0 Å². The van der Waals surface area contributed by atoms with Crippen molar-refractivity contribution in [2.45, 2.75) is 19.4 Å². The minimum atomic E-state index is -0.463. The average molecular weight is 320 g/mol. The summed E-state index contributed by atoms with van der Waals surface area (Å²) < 4.78 is 0. The highest BCUT2D eigenvalue weighted by Crippen LogP contribution is 2.19. The van der Waals surface area contributed by atoms with Crippen LogP contribution < -0.4 is 11.1 Å². The SMILES string of the molecule is NC(=O)c1cccc2c(CCCNCc3ccccc3)ncnc12. The standard InChI is InChI=1S/C19H20N4O/c20-19(24)16-9-4-8-15-17(22-13-23-18(15)16)10-5-11-21-12-14-6-2-1-3-7-14/h1-4,6-9,13,21H,5,10-12H2,(H2,20,24). The highest BCUT2D eigenvalue weighted by Gasteiger charge is 2.10.